The maximum atomic E-state index is 10.3. The molecule has 8 heavy (non-hydrogen) atoms. The molecule has 0 aromatic heterocycles. The number of amides is 1. The first kappa shape index (κ1) is 6.95. The summed E-state index contributed by atoms with van der Waals surface area (Å²) >= 11 is 0. The molecule has 0 heterocycles. The predicted octanol–water partition coefficient (Wildman–Crippen LogP) is 0.822. The van der Waals surface area contributed by atoms with E-state index in [9.17, 15) is 4.79 Å². The lowest BCUT2D eigenvalue weighted by molar-refractivity contribution is -0.115. The first-order chi connectivity index (χ1) is 3.66. The van der Waals surface area contributed by atoms with E-state index in [0.717, 1.165) is 0 Å². The van der Waals surface area contributed by atoms with Crippen LogP contribution in [0.5, 0.6) is 0 Å². The van der Waals surface area contributed by atoms with Crippen LogP contribution in [-0.2, 0) is 4.79 Å². The second-order valence-corrected chi connectivity index (χ2v) is 1.47. The Morgan fingerprint density at radius 3 is 2.38 bits per heavy atom. The molecule has 0 rings (SSSR count). The summed E-state index contributed by atoms with van der Waals surface area (Å²) in [5, 5.41) is 2.44. The Morgan fingerprint density at radius 2 is 2.25 bits per heavy atom. The van der Waals surface area contributed by atoms with Gasteiger partial charge in [0, 0.05) is 5.70 Å². The third-order valence-electron chi connectivity index (χ3n) is 0.522. The zero-order chi connectivity index (χ0) is 6.57. The van der Waals surface area contributed by atoms with Crippen molar-refractivity contribution >= 4 is 5.91 Å². The second-order valence-electron chi connectivity index (χ2n) is 1.47. The number of allylic oxidation sites excluding steroid dienone is 1. The molecule has 0 unspecified atom stereocenters. The van der Waals surface area contributed by atoms with Gasteiger partial charge in [0.05, 0.1) is 0 Å². The highest BCUT2D eigenvalue weighted by Gasteiger charge is 1.88. The van der Waals surface area contributed by atoms with Gasteiger partial charge in [-0.2, -0.15) is 0 Å². The minimum Gasteiger partial charge on any atom is -0.327 e. The molecule has 0 bridgehead atoms. The standard InChI is InChI=1S/C6H9NO/c1-4-6(8)7-5(2)3/h4H,1-2H2,3H3,(H,7,8). The molecule has 44 valence electrons. The number of carbonyl (C=O) groups is 1. The smallest absolute Gasteiger partial charge is 0.247 e. The van der Waals surface area contributed by atoms with Gasteiger partial charge >= 0.3 is 0 Å². The fourth-order valence-electron chi connectivity index (χ4n) is 0.261. The first-order valence-electron chi connectivity index (χ1n) is 2.25. The van der Waals surface area contributed by atoms with Crippen molar-refractivity contribution in [1.82, 2.24) is 5.32 Å². The summed E-state index contributed by atoms with van der Waals surface area (Å²) in [4.78, 5) is 10.3. The van der Waals surface area contributed by atoms with Crippen molar-refractivity contribution < 1.29 is 4.79 Å². The third-order valence-corrected chi connectivity index (χ3v) is 0.522. The zero-order valence-corrected chi connectivity index (χ0v) is 4.90. The van der Waals surface area contributed by atoms with Gasteiger partial charge in [0.1, 0.15) is 0 Å². The number of hydrogen-bond donors (Lipinski definition) is 1. The van der Waals surface area contributed by atoms with E-state index < -0.39 is 0 Å². The zero-order valence-electron chi connectivity index (χ0n) is 4.90. The second kappa shape index (κ2) is 3.02. The molecule has 0 fully saturated rings. The minimum atomic E-state index is -0.211. The van der Waals surface area contributed by atoms with Gasteiger partial charge in [0.15, 0.2) is 0 Å². The molecular weight excluding hydrogens is 102 g/mol. The molecule has 0 aromatic rings. The summed E-state index contributed by atoms with van der Waals surface area (Å²) in [6, 6.07) is 0. The summed E-state index contributed by atoms with van der Waals surface area (Å²) in [5.41, 5.74) is 0.634. The van der Waals surface area contributed by atoms with Gasteiger partial charge < -0.3 is 5.32 Å². The molecule has 0 spiro atoms. The molecule has 1 amide bonds. The molecule has 0 aromatic carbocycles. The van der Waals surface area contributed by atoms with E-state index in [2.05, 4.69) is 18.5 Å². The van der Waals surface area contributed by atoms with E-state index in [0.29, 0.717) is 5.70 Å². The fraction of sp³-hybridized carbons (Fsp3) is 0.167. The minimum absolute atomic E-state index is 0.211. The highest BCUT2D eigenvalue weighted by molar-refractivity contribution is 5.88. The van der Waals surface area contributed by atoms with Crippen LogP contribution in [0.15, 0.2) is 24.9 Å². The summed E-state index contributed by atoms with van der Waals surface area (Å²) in [5.74, 6) is -0.211. The maximum absolute atomic E-state index is 10.3. The van der Waals surface area contributed by atoms with E-state index in [1.807, 2.05) is 0 Å². The van der Waals surface area contributed by atoms with Crippen molar-refractivity contribution in [2.24, 2.45) is 0 Å². The van der Waals surface area contributed by atoms with Gasteiger partial charge in [-0.25, -0.2) is 0 Å². The topological polar surface area (TPSA) is 29.1 Å². The SMILES string of the molecule is C=CC(=O)NC(=C)C. The van der Waals surface area contributed by atoms with Crippen molar-refractivity contribution in [2.45, 2.75) is 6.92 Å². The van der Waals surface area contributed by atoms with Crippen LogP contribution in [0.3, 0.4) is 0 Å². The van der Waals surface area contributed by atoms with E-state index >= 15 is 0 Å². The molecule has 2 heteroatoms. The van der Waals surface area contributed by atoms with E-state index in [4.69, 9.17) is 0 Å². The Kier molecular flexibility index (Phi) is 2.62. The van der Waals surface area contributed by atoms with Crippen molar-refractivity contribution in [3.05, 3.63) is 24.9 Å². The predicted molar refractivity (Wildman–Crippen MR) is 33.2 cm³/mol. The monoisotopic (exact) mass is 111 g/mol. The molecule has 0 aliphatic heterocycles. The van der Waals surface area contributed by atoms with Crippen LogP contribution in [0.4, 0.5) is 0 Å². The lowest BCUT2D eigenvalue weighted by atomic mass is 10.5. The van der Waals surface area contributed by atoms with Crippen molar-refractivity contribution in [1.29, 1.82) is 0 Å². The Balaban J connectivity index is 3.55. The Labute approximate surface area is 48.9 Å². The average molecular weight is 111 g/mol. The van der Waals surface area contributed by atoms with Crippen molar-refractivity contribution in [2.75, 3.05) is 0 Å². The lowest BCUT2D eigenvalue weighted by Gasteiger charge is -1.95. The Bertz CT molecular complexity index is 126. The van der Waals surface area contributed by atoms with Crippen LogP contribution in [0.1, 0.15) is 6.92 Å². The molecule has 2 nitrogen and oxygen atoms in total. The third kappa shape index (κ3) is 3.15. The molecule has 0 radical (unpaired) electrons. The van der Waals surface area contributed by atoms with Crippen LogP contribution in [0.25, 0.3) is 0 Å². The summed E-state index contributed by atoms with van der Waals surface area (Å²) in [7, 11) is 0. The van der Waals surface area contributed by atoms with Gasteiger partial charge in [-0.05, 0) is 13.0 Å². The number of carbonyl (C=O) groups excluding carboxylic acids is 1. The van der Waals surface area contributed by atoms with Gasteiger partial charge in [0.2, 0.25) is 5.91 Å². The molecule has 0 aliphatic rings. The summed E-state index contributed by atoms with van der Waals surface area (Å²) in [6.45, 7) is 8.43. The van der Waals surface area contributed by atoms with Crippen molar-refractivity contribution in [3.8, 4) is 0 Å². The maximum Gasteiger partial charge on any atom is 0.247 e. The average Bonchev–Trinajstić information content (AvgIpc) is 1.65. The fourth-order valence-corrected chi connectivity index (χ4v) is 0.261. The van der Waals surface area contributed by atoms with Crippen LogP contribution >= 0.6 is 0 Å². The van der Waals surface area contributed by atoms with Crippen LogP contribution < -0.4 is 5.32 Å². The number of hydrogen-bond acceptors (Lipinski definition) is 1. The van der Waals surface area contributed by atoms with Crippen LogP contribution in [-0.4, -0.2) is 5.91 Å². The van der Waals surface area contributed by atoms with Crippen molar-refractivity contribution in [3.63, 3.8) is 0 Å². The van der Waals surface area contributed by atoms with Gasteiger partial charge in [-0.15, -0.1) is 0 Å². The van der Waals surface area contributed by atoms with E-state index in [1.165, 1.54) is 6.08 Å². The van der Waals surface area contributed by atoms with Gasteiger partial charge in [-0.3, -0.25) is 4.79 Å². The van der Waals surface area contributed by atoms with Gasteiger partial charge in [-0.1, -0.05) is 13.2 Å². The van der Waals surface area contributed by atoms with Crippen LogP contribution in [0.2, 0.25) is 0 Å². The normalized spacial score (nSPS) is 7.62. The number of rotatable bonds is 2. The van der Waals surface area contributed by atoms with E-state index in [-0.39, 0.29) is 5.91 Å². The quantitative estimate of drug-likeness (QED) is 0.525. The molecule has 0 aliphatic carbocycles. The lowest BCUT2D eigenvalue weighted by Crippen LogP contribution is -2.17. The van der Waals surface area contributed by atoms with Gasteiger partial charge in [0.25, 0.3) is 0 Å². The highest BCUT2D eigenvalue weighted by Crippen LogP contribution is 1.77. The summed E-state index contributed by atoms with van der Waals surface area (Å²) < 4.78 is 0. The molecule has 1 N–H and O–H groups in total. The molecule has 0 saturated heterocycles. The highest BCUT2D eigenvalue weighted by atomic mass is 16.1. The largest absolute Gasteiger partial charge is 0.327 e. The molecule has 0 atom stereocenters. The molecular formula is C6H9NO. The first-order valence-corrected chi connectivity index (χ1v) is 2.25. The van der Waals surface area contributed by atoms with E-state index in [1.54, 1.807) is 6.92 Å². The Morgan fingerprint density at radius 1 is 1.75 bits per heavy atom. The Hall–Kier alpha value is -1.05. The van der Waals surface area contributed by atoms with Crippen LogP contribution in [0, 0.1) is 0 Å². The molecule has 0 saturated carbocycles. The number of nitrogens with one attached hydrogen (secondary N) is 1. The summed E-state index contributed by atoms with van der Waals surface area (Å²) in [6.07, 6.45) is 1.20.